The van der Waals surface area contributed by atoms with Gasteiger partial charge in [0.2, 0.25) is 0 Å². The van der Waals surface area contributed by atoms with E-state index in [1.54, 1.807) is 50.4 Å². The molecule has 120 valence electrons. The summed E-state index contributed by atoms with van der Waals surface area (Å²) in [4.78, 5) is 19.6. The average Bonchev–Trinajstić information content (AvgIpc) is 2.62. The molecule has 5 heteroatoms. The van der Waals surface area contributed by atoms with Crippen LogP contribution in [0.25, 0.3) is 0 Å². The smallest absolute Gasteiger partial charge is 0.384 e. The van der Waals surface area contributed by atoms with E-state index in [2.05, 4.69) is 27.8 Å². The van der Waals surface area contributed by atoms with E-state index in [-0.39, 0.29) is 0 Å². The molecule has 0 radical (unpaired) electrons. The van der Waals surface area contributed by atoms with Gasteiger partial charge in [-0.1, -0.05) is 18.1 Å². The minimum Gasteiger partial charge on any atom is -0.497 e. The summed E-state index contributed by atoms with van der Waals surface area (Å²) in [6, 6.07) is 17.0. The SMILES string of the molecule is CCOC(=O)C#Cc1ccccc1N=C=Nc1ccc(OC)cc1. The number of rotatable bonds is 4. The molecule has 0 fully saturated rings. The van der Waals surface area contributed by atoms with Crippen molar-refractivity contribution in [2.24, 2.45) is 9.98 Å². The highest BCUT2D eigenvalue weighted by Gasteiger charge is 1.98. The predicted molar refractivity (Wildman–Crippen MR) is 92.1 cm³/mol. The molecule has 0 aliphatic carbocycles. The van der Waals surface area contributed by atoms with Gasteiger partial charge < -0.3 is 9.47 Å². The number of hydrogen-bond acceptors (Lipinski definition) is 5. The highest BCUT2D eigenvalue weighted by atomic mass is 16.5. The monoisotopic (exact) mass is 320 g/mol. The molecule has 2 rings (SSSR count). The van der Waals surface area contributed by atoms with Crippen molar-refractivity contribution in [3.05, 3.63) is 54.1 Å². The third kappa shape index (κ3) is 5.13. The number of benzene rings is 2. The van der Waals surface area contributed by atoms with Crippen LogP contribution in [0.4, 0.5) is 11.4 Å². The Morgan fingerprint density at radius 1 is 1.08 bits per heavy atom. The maximum atomic E-state index is 11.3. The molecule has 0 heterocycles. The molecule has 0 bridgehead atoms. The maximum Gasteiger partial charge on any atom is 0.384 e. The van der Waals surface area contributed by atoms with Gasteiger partial charge in [0.05, 0.1) is 30.7 Å². The molecule has 5 nitrogen and oxygen atoms in total. The van der Waals surface area contributed by atoms with Gasteiger partial charge in [0.1, 0.15) is 11.8 Å². The normalized spacial score (nSPS) is 9.08. The van der Waals surface area contributed by atoms with Crippen LogP contribution in [-0.4, -0.2) is 25.7 Å². The molecule has 0 atom stereocenters. The lowest BCUT2D eigenvalue weighted by atomic mass is 10.2. The van der Waals surface area contributed by atoms with Crippen LogP contribution >= 0.6 is 0 Å². The predicted octanol–water partition coefficient (Wildman–Crippen LogP) is 3.75. The number of esters is 1. The summed E-state index contributed by atoms with van der Waals surface area (Å²) in [6.07, 6.45) is 0. The Balaban J connectivity index is 2.19. The Hall–Kier alpha value is -3.35. The molecule has 0 spiro atoms. The van der Waals surface area contributed by atoms with Gasteiger partial charge in [0, 0.05) is 5.92 Å². The Morgan fingerprint density at radius 3 is 2.54 bits per heavy atom. The van der Waals surface area contributed by atoms with Crippen LogP contribution in [-0.2, 0) is 9.53 Å². The van der Waals surface area contributed by atoms with Crippen molar-refractivity contribution in [2.75, 3.05) is 13.7 Å². The first-order valence-corrected chi connectivity index (χ1v) is 7.31. The Morgan fingerprint density at radius 2 is 1.83 bits per heavy atom. The first-order chi connectivity index (χ1) is 11.7. The standard InChI is InChI=1S/C19H16N2O3/c1-3-24-19(22)13-8-15-6-4-5-7-18(15)21-14-20-16-9-11-17(23-2)12-10-16/h4-7,9-12H,3H2,1-2H3. The van der Waals surface area contributed by atoms with Crippen LogP contribution in [0.1, 0.15) is 12.5 Å². The van der Waals surface area contributed by atoms with E-state index in [0.717, 1.165) is 5.75 Å². The molecule has 0 unspecified atom stereocenters. The Labute approximate surface area is 140 Å². The second-order valence-electron chi connectivity index (χ2n) is 4.51. The van der Waals surface area contributed by atoms with Crippen molar-refractivity contribution >= 4 is 23.4 Å². The van der Waals surface area contributed by atoms with Gasteiger partial charge in [-0.2, -0.15) is 9.98 Å². The van der Waals surface area contributed by atoms with Crippen LogP contribution in [0.15, 0.2) is 58.5 Å². The van der Waals surface area contributed by atoms with E-state index in [0.29, 0.717) is 23.5 Å². The van der Waals surface area contributed by atoms with E-state index in [9.17, 15) is 4.79 Å². The topological polar surface area (TPSA) is 60.2 Å². The van der Waals surface area contributed by atoms with Gasteiger partial charge in [-0.3, -0.25) is 0 Å². The Kier molecular flexibility index (Phi) is 6.34. The fourth-order valence-electron chi connectivity index (χ4n) is 1.76. The highest BCUT2D eigenvalue weighted by molar-refractivity contribution is 5.89. The van der Waals surface area contributed by atoms with E-state index >= 15 is 0 Å². The van der Waals surface area contributed by atoms with Gasteiger partial charge in [0.15, 0.2) is 0 Å². The van der Waals surface area contributed by atoms with Crippen LogP contribution < -0.4 is 4.74 Å². The number of hydrogen-bond donors (Lipinski definition) is 0. The lowest BCUT2D eigenvalue weighted by Crippen LogP contribution is -1.99. The van der Waals surface area contributed by atoms with E-state index in [4.69, 9.17) is 9.47 Å². The summed E-state index contributed by atoms with van der Waals surface area (Å²) >= 11 is 0. The molecule has 2 aromatic rings. The molecule has 0 N–H and O–H groups in total. The van der Waals surface area contributed by atoms with Crippen molar-refractivity contribution in [2.45, 2.75) is 6.92 Å². The molecule has 0 aliphatic heterocycles. The fraction of sp³-hybridized carbons (Fsp3) is 0.158. The third-order valence-corrected chi connectivity index (χ3v) is 2.90. The molecule has 2 aromatic carbocycles. The van der Waals surface area contributed by atoms with Gasteiger partial charge >= 0.3 is 5.97 Å². The summed E-state index contributed by atoms with van der Waals surface area (Å²) < 4.78 is 9.86. The number of carbonyl (C=O) groups excluding carboxylic acids is 1. The summed E-state index contributed by atoms with van der Waals surface area (Å²) in [5, 5.41) is 0. The van der Waals surface area contributed by atoms with Crippen LogP contribution in [0.5, 0.6) is 5.75 Å². The lowest BCUT2D eigenvalue weighted by molar-refractivity contribution is -0.136. The van der Waals surface area contributed by atoms with Crippen molar-refractivity contribution in [3.8, 4) is 17.6 Å². The number of methoxy groups -OCH3 is 1. The number of aliphatic imine (C=N–C) groups is 2. The lowest BCUT2D eigenvalue weighted by Gasteiger charge is -1.97. The van der Waals surface area contributed by atoms with Crippen molar-refractivity contribution in [1.82, 2.24) is 0 Å². The van der Waals surface area contributed by atoms with Gasteiger partial charge in [-0.25, -0.2) is 4.79 Å². The summed E-state index contributed by atoms with van der Waals surface area (Å²) in [7, 11) is 1.61. The van der Waals surface area contributed by atoms with Crippen molar-refractivity contribution in [1.29, 1.82) is 0 Å². The van der Waals surface area contributed by atoms with Crippen molar-refractivity contribution in [3.63, 3.8) is 0 Å². The van der Waals surface area contributed by atoms with Gasteiger partial charge in [0.25, 0.3) is 0 Å². The second-order valence-corrected chi connectivity index (χ2v) is 4.51. The number of carbonyl (C=O) groups is 1. The third-order valence-electron chi connectivity index (χ3n) is 2.90. The molecule has 0 amide bonds. The average molecular weight is 320 g/mol. The van der Waals surface area contributed by atoms with Crippen LogP contribution in [0, 0.1) is 11.8 Å². The number of nitrogens with zero attached hydrogens (tertiary/aromatic N) is 2. The maximum absolute atomic E-state index is 11.3. The minimum absolute atomic E-state index is 0.293. The molecule has 0 aliphatic rings. The minimum atomic E-state index is -0.566. The van der Waals surface area contributed by atoms with Crippen LogP contribution in [0.3, 0.4) is 0 Å². The molecular weight excluding hydrogens is 304 g/mol. The van der Waals surface area contributed by atoms with Gasteiger partial charge in [-0.15, -0.1) is 0 Å². The van der Waals surface area contributed by atoms with E-state index in [1.165, 1.54) is 0 Å². The Bertz CT molecular complexity index is 824. The fourth-order valence-corrected chi connectivity index (χ4v) is 1.76. The highest BCUT2D eigenvalue weighted by Crippen LogP contribution is 2.18. The summed E-state index contributed by atoms with van der Waals surface area (Å²) in [5.41, 5.74) is 1.88. The van der Waals surface area contributed by atoms with Gasteiger partial charge in [-0.05, 0) is 43.3 Å². The quantitative estimate of drug-likeness (QED) is 0.490. The molecule has 0 aromatic heterocycles. The molecular formula is C19H16N2O3. The first kappa shape index (κ1) is 17.0. The molecule has 24 heavy (non-hydrogen) atoms. The zero-order valence-corrected chi connectivity index (χ0v) is 13.4. The molecule has 0 saturated heterocycles. The number of ether oxygens (including phenoxy) is 2. The summed E-state index contributed by atoms with van der Waals surface area (Å²) in [5.74, 6) is 5.35. The van der Waals surface area contributed by atoms with Crippen LogP contribution in [0.2, 0.25) is 0 Å². The first-order valence-electron chi connectivity index (χ1n) is 7.31. The van der Waals surface area contributed by atoms with E-state index < -0.39 is 5.97 Å². The molecule has 0 saturated carbocycles. The van der Waals surface area contributed by atoms with E-state index in [1.807, 2.05) is 12.1 Å². The largest absolute Gasteiger partial charge is 0.497 e. The summed E-state index contributed by atoms with van der Waals surface area (Å²) in [6.45, 7) is 2.02. The zero-order chi connectivity index (χ0) is 17.2. The van der Waals surface area contributed by atoms with Crippen molar-refractivity contribution < 1.29 is 14.3 Å². The zero-order valence-electron chi connectivity index (χ0n) is 13.4. The second kappa shape index (κ2) is 8.94. The number of para-hydroxylation sites is 1.